The number of nitro groups is 1. The monoisotopic (exact) mass is 225 g/mol. The highest BCUT2D eigenvalue weighted by molar-refractivity contribution is 5.69. The molecule has 1 aromatic rings. The first-order valence-electron chi connectivity index (χ1n) is 4.40. The Morgan fingerprint density at radius 3 is 2.62 bits per heavy atom. The highest BCUT2D eigenvalue weighted by Gasteiger charge is 2.12. The maximum atomic E-state index is 11.0. The van der Waals surface area contributed by atoms with Gasteiger partial charge in [0.1, 0.15) is 6.04 Å². The molecule has 0 radical (unpaired) electrons. The second-order valence-corrected chi connectivity index (χ2v) is 3.28. The molecule has 3 N–H and O–H groups in total. The molecule has 86 valence electrons. The number of hydrogen-bond acceptors (Lipinski definition) is 5. The molecule has 0 saturated carbocycles. The number of rotatable bonds is 4. The standard InChI is InChI=1S/C9H10N2O5/c10-6(9(13)14)3-5-1-2-8(12)7(4-5)11(15)16/h1-2,4,6,12H,3,10H2,(H,13,14)/p-1/t6-/m0/s1. The number of nitro benzene ring substituents is 1. The fourth-order valence-corrected chi connectivity index (χ4v) is 1.20. The fourth-order valence-electron chi connectivity index (χ4n) is 1.20. The summed E-state index contributed by atoms with van der Waals surface area (Å²) in [5.41, 5.74) is 3.12. The predicted octanol–water partition coefficient (Wildman–Crippen LogP) is -2.43. The van der Waals surface area contributed by atoms with Crippen molar-refractivity contribution in [3.05, 3.63) is 33.9 Å². The van der Waals surface area contributed by atoms with Crippen LogP contribution in [0.2, 0.25) is 0 Å². The van der Waals surface area contributed by atoms with Gasteiger partial charge in [-0.1, -0.05) is 12.1 Å². The van der Waals surface area contributed by atoms with Crippen LogP contribution in [0.5, 0.6) is 5.75 Å². The predicted molar refractivity (Wildman–Crippen MR) is 47.9 cm³/mol. The van der Waals surface area contributed by atoms with E-state index in [1.54, 1.807) is 0 Å². The summed E-state index contributed by atoms with van der Waals surface area (Å²) in [5, 5.41) is 31.9. The van der Waals surface area contributed by atoms with E-state index in [-0.39, 0.29) is 6.42 Å². The van der Waals surface area contributed by atoms with Crippen molar-refractivity contribution in [1.82, 2.24) is 0 Å². The topological polar surface area (TPSA) is 134 Å². The minimum atomic E-state index is -1.34. The van der Waals surface area contributed by atoms with Gasteiger partial charge >= 0.3 is 0 Å². The van der Waals surface area contributed by atoms with Crippen LogP contribution < -0.4 is 15.9 Å². The molecule has 0 aliphatic heterocycles. The van der Waals surface area contributed by atoms with E-state index in [0.717, 1.165) is 12.1 Å². The summed E-state index contributed by atoms with van der Waals surface area (Å²) in [7, 11) is 0. The van der Waals surface area contributed by atoms with Crippen molar-refractivity contribution in [1.29, 1.82) is 0 Å². The van der Waals surface area contributed by atoms with Gasteiger partial charge in [-0.15, -0.1) is 0 Å². The van der Waals surface area contributed by atoms with Crippen LogP contribution in [-0.4, -0.2) is 16.9 Å². The highest BCUT2D eigenvalue weighted by Crippen LogP contribution is 2.24. The Bertz CT molecular complexity index is 432. The number of carboxylic acids is 1. The minimum absolute atomic E-state index is 0.0105. The lowest BCUT2D eigenvalue weighted by Crippen LogP contribution is -2.69. The number of aliphatic carboxylic acids is 1. The van der Waals surface area contributed by atoms with Crippen molar-refractivity contribution in [2.45, 2.75) is 12.5 Å². The minimum Gasteiger partial charge on any atom is -0.868 e. The van der Waals surface area contributed by atoms with Crippen molar-refractivity contribution >= 4 is 11.7 Å². The Balaban J connectivity index is 2.95. The maximum Gasteiger partial charge on any atom is 0.261 e. The summed E-state index contributed by atoms with van der Waals surface area (Å²) < 4.78 is 0. The molecule has 0 spiro atoms. The summed E-state index contributed by atoms with van der Waals surface area (Å²) in [6.07, 6.45) is -0.0105. The lowest BCUT2D eigenvalue weighted by molar-refractivity contribution is -0.437. The van der Waals surface area contributed by atoms with Gasteiger partial charge in [-0.25, -0.2) is 0 Å². The largest absolute Gasteiger partial charge is 0.868 e. The fraction of sp³-hybridized carbons (Fsp3) is 0.222. The zero-order valence-electron chi connectivity index (χ0n) is 8.21. The third-order valence-corrected chi connectivity index (χ3v) is 2.04. The van der Waals surface area contributed by atoms with E-state index >= 15 is 0 Å². The number of carboxylic acid groups (broad SMARTS) is 1. The smallest absolute Gasteiger partial charge is 0.261 e. The number of quaternary nitrogens is 1. The Labute approximate surface area is 90.3 Å². The van der Waals surface area contributed by atoms with Crippen LogP contribution >= 0.6 is 0 Å². The maximum absolute atomic E-state index is 11.0. The van der Waals surface area contributed by atoms with Gasteiger partial charge in [-0.3, -0.25) is 10.1 Å². The van der Waals surface area contributed by atoms with Crippen molar-refractivity contribution in [2.24, 2.45) is 0 Å². The van der Waals surface area contributed by atoms with E-state index < -0.39 is 28.4 Å². The molecule has 0 amide bonds. The molecule has 0 bridgehead atoms. The molecule has 0 unspecified atom stereocenters. The second kappa shape index (κ2) is 4.58. The Kier molecular flexibility index (Phi) is 3.41. The average Bonchev–Trinajstić information content (AvgIpc) is 2.20. The molecule has 0 saturated heterocycles. The molecule has 7 heteroatoms. The van der Waals surface area contributed by atoms with Crippen LogP contribution in [0.25, 0.3) is 0 Å². The van der Waals surface area contributed by atoms with E-state index in [1.807, 2.05) is 0 Å². The van der Waals surface area contributed by atoms with Gasteiger partial charge in [0.15, 0.2) is 0 Å². The number of carbonyl (C=O) groups excluding carboxylic acids is 1. The third kappa shape index (κ3) is 2.67. The second-order valence-electron chi connectivity index (χ2n) is 3.28. The van der Waals surface area contributed by atoms with Gasteiger partial charge in [0, 0.05) is 12.5 Å². The van der Waals surface area contributed by atoms with E-state index in [4.69, 9.17) is 0 Å². The molecule has 0 fully saturated rings. The van der Waals surface area contributed by atoms with Crippen LogP contribution in [0, 0.1) is 10.1 Å². The molecule has 0 aliphatic carbocycles. The molecule has 0 aliphatic rings. The summed E-state index contributed by atoms with van der Waals surface area (Å²) in [5.74, 6) is -2.04. The van der Waals surface area contributed by atoms with Crippen molar-refractivity contribution in [2.75, 3.05) is 0 Å². The van der Waals surface area contributed by atoms with Crippen molar-refractivity contribution < 1.29 is 25.7 Å². The van der Waals surface area contributed by atoms with Crippen LogP contribution in [-0.2, 0) is 11.2 Å². The summed E-state index contributed by atoms with van der Waals surface area (Å²) in [6, 6.07) is 2.44. The van der Waals surface area contributed by atoms with Crippen molar-refractivity contribution in [3.63, 3.8) is 0 Å². The summed E-state index contributed by atoms with van der Waals surface area (Å²) in [6.45, 7) is 0. The lowest BCUT2D eigenvalue weighted by atomic mass is 10.1. The quantitative estimate of drug-likeness (QED) is 0.449. The SMILES string of the molecule is [NH3+][C@@H](Cc1ccc([O-])c([N+](=O)[O-])c1)C(=O)[O-]. The first-order valence-corrected chi connectivity index (χ1v) is 4.40. The lowest BCUT2D eigenvalue weighted by Gasteiger charge is -2.11. The van der Waals surface area contributed by atoms with Crippen LogP contribution in [0.15, 0.2) is 18.2 Å². The number of benzene rings is 1. The molecule has 16 heavy (non-hydrogen) atoms. The normalized spacial score (nSPS) is 12.1. The molecule has 0 aromatic heterocycles. The highest BCUT2D eigenvalue weighted by atomic mass is 16.6. The van der Waals surface area contributed by atoms with Crippen LogP contribution in [0.3, 0.4) is 0 Å². The molecule has 1 rings (SSSR count). The molecule has 1 aromatic carbocycles. The third-order valence-electron chi connectivity index (χ3n) is 2.04. The van der Waals surface area contributed by atoms with Gasteiger partial charge in [-0.2, -0.15) is 0 Å². The van der Waals surface area contributed by atoms with E-state index in [0.29, 0.717) is 5.56 Å². The van der Waals surface area contributed by atoms with Gasteiger partial charge in [-0.05, 0) is 11.3 Å². The number of nitrogens with zero attached hydrogens (tertiary/aromatic N) is 1. The van der Waals surface area contributed by atoms with Gasteiger partial charge < -0.3 is 20.7 Å². The first kappa shape index (κ1) is 11.9. The molecule has 1 atom stereocenters. The van der Waals surface area contributed by atoms with Gasteiger partial charge in [0.25, 0.3) is 5.69 Å². The van der Waals surface area contributed by atoms with Crippen LogP contribution in [0.1, 0.15) is 5.56 Å². The number of carbonyl (C=O) groups is 1. The molecule has 0 heterocycles. The van der Waals surface area contributed by atoms with Crippen LogP contribution in [0.4, 0.5) is 5.69 Å². The molecule has 7 nitrogen and oxygen atoms in total. The van der Waals surface area contributed by atoms with Gasteiger partial charge in [0.05, 0.1) is 10.9 Å². The van der Waals surface area contributed by atoms with E-state index in [1.165, 1.54) is 6.07 Å². The number of hydrogen-bond donors (Lipinski definition) is 1. The van der Waals surface area contributed by atoms with Crippen molar-refractivity contribution in [3.8, 4) is 5.75 Å². The molecular formula is C9H9N2O5-. The molecular weight excluding hydrogens is 216 g/mol. The zero-order valence-corrected chi connectivity index (χ0v) is 8.21. The Hall–Kier alpha value is -2.15. The first-order chi connectivity index (χ1) is 7.41. The summed E-state index contributed by atoms with van der Waals surface area (Å²) >= 11 is 0. The van der Waals surface area contributed by atoms with Gasteiger partial charge in [0.2, 0.25) is 0 Å². The zero-order chi connectivity index (χ0) is 12.3. The Morgan fingerprint density at radius 1 is 1.50 bits per heavy atom. The van der Waals surface area contributed by atoms with E-state index in [9.17, 15) is 25.1 Å². The Morgan fingerprint density at radius 2 is 2.12 bits per heavy atom. The van der Waals surface area contributed by atoms with E-state index in [2.05, 4.69) is 5.73 Å². The summed E-state index contributed by atoms with van der Waals surface area (Å²) in [4.78, 5) is 20.1. The average molecular weight is 225 g/mol.